The number of hydrogen-bond acceptors (Lipinski definition) is 5. The maximum absolute atomic E-state index is 12.5. The second kappa shape index (κ2) is 6.86. The maximum atomic E-state index is 12.5. The van der Waals surface area contributed by atoms with Crippen LogP contribution in [-0.4, -0.2) is 24.6 Å². The van der Waals surface area contributed by atoms with Gasteiger partial charge in [0.1, 0.15) is 11.3 Å². The third-order valence-electron chi connectivity index (χ3n) is 3.98. The van der Waals surface area contributed by atoms with Crippen LogP contribution in [0.25, 0.3) is 11.0 Å². The maximum Gasteiger partial charge on any atom is 0.228 e. The lowest BCUT2D eigenvalue weighted by molar-refractivity contribution is 0.101. The molecule has 3 N–H and O–H groups in total. The summed E-state index contributed by atoms with van der Waals surface area (Å²) in [6.07, 6.45) is 0.487. The number of carbonyl (C=O) groups is 1. The number of benzene rings is 2. The van der Waals surface area contributed by atoms with Gasteiger partial charge in [0.25, 0.3) is 0 Å². The summed E-state index contributed by atoms with van der Waals surface area (Å²) in [5.74, 6) is 0.789. The van der Waals surface area contributed by atoms with E-state index in [0.717, 1.165) is 10.9 Å². The van der Waals surface area contributed by atoms with Crippen molar-refractivity contribution < 1.29 is 19.1 Å². The molecule has 3 rings (SSSR count). The van der Waals surface area contributed by atoms with Gasteiger partial charge in [0.2, 0.25) is 5.78 Å². The number of ether oxygens (including phenoxy) is 1. The molecule has 1 heterocycles. The quantitative estimate of drug-likeness (QED) is 0.680. The van der Waals surface area contributed by atoms with Crippen molar-refractivity contribution in [2.45, 2.75) is 12.5 Å². The average Bonchev–Trinajstić information content (AvgIpc) is 3.04. The minimum absolute atomic E-state index is 0.0335. The van der Waals surface area contributed by atoms with Crippen LogP contribution >= 0.6 is 0 Å². The van der Waals surface area contributed by atoms with Gasteiger partial charge < -0.3 is 20.0 Å². The molecule has 1 atom stereocenters. The number of rotatable bonds is 6. The van der Waals surface area contributed by atoms with Crippen LogP contribution in [0, 0.1) is 0 Å². The first-order valence-electron chi connectivity index (χ1n) is 7.71. The van der Waals surface area contributed by atoms with Gasteiger partial charge in [-0.1, -0.05) is 6.07 Å². The van der Waals surface area contributed by atoms with Crippen molar-refractivity contribution in [3.63, 3.8) is 0 Å². The molecule has 3 aromatic rings. The van der Waals surface area contributed by atoms with Crippen LogP contribution in [0.3, 0.4) is 0 Å². The molecule has 0 saturated carbocycles. The van der Waals surface area contributed by atoms with Gasteiger partial charge in [0.15, 0.2) is 5.76 Å². The number of hydrogen-bond donors (Lipinski definition) is 2. The van der Waals surface area contributed by atoms with E-state index in [9.17, 15) is 4.79 Å². The van der Waals surface area contributed by atoms with Crippen molar-refractivity contribution in [2.24, 2.45) is 5.73 Å². The molecule has 1 aromatic heterocycles. The molecule has 0 bridgehead atoms. The van der Waals surface area contributed by atoms with Gasteiger partial charge in [0.05, 0.1) is 7.11 Å². The fourth-order valence-corrected chi connectivity index (χ4v) is 2.59. The molecule has 0 fully saturated rings. The van der Waals surface area contributed by atoms with E-state index in [4.69, 9.17) is 20.0 Å². The van der Waals surface area contributed by atoms with Gasteiger partial charge in [-0.15, -0.1) is 0 Å². The number of carbonyl (C=O) groups excluding carboxylic acids is 1. The summed E-state index contributed by atoms with van der Waals surface area (Å²) in [7, 11) is 1.58. The lowest BCUT2D eigenvalue weighted by Crippen LogP contribution is -2.11. The molecule has 0 aliphatic carbocycles. The summed E-state index contributed by atoms with van der Waals surface area (Å²) in [4.78, 5) is 12.5. The molecule has 0 aliphatic heterocycles. The fourth-order valence-electron chi connectivity index (χ4n) is 2.59. The van der Waals surface area contributed by atoms with Crippen LogP contribution in [0.15, 0.2) is 52.9 Å². The lowest BCUT2D eigenvalue weighted by atomic mass is 10.0. The van der Waals surface area contributed by atoms with Crippen LogP contribution in [-0.2, 0) is 0 Å². The average molecular weight is 325 g/mol. The van der Waals surface area contributed by atoms with Crippen molar-refractivity contribution in [1.29, 1.82) is 0 Å². The van der Waals surface area contributed by atoms with E-state index in [1.807, 2.05) is 12.1 Å². The summed E-state index contributed by atoms with van der Waals surface area (Å²) in [6, 6.07) is 13.9. The number of furan rings is 1. The van der Waals surface area contributed by atoms with Crippen molar-refractivity contribution >= 4 is 16.8 Å². The summed E-state index contributed by atoms with van der Waals surface area (Å²) in [5, 5.41) is 9.82. The topological polar surface area (TPSA) is 85.7 Å². The molecule has 0 radical (unpaired) electrons. The normalized spacial score (nSPS) is 12.3. The van der Waals surface area contributed by atoms with Crippen LogP contribution in [0.5, 0.6) is 5.75 Å². The lowest BCUT2D eigenvalue weighted by Gasteiger charge is -2.09. The SMILES string of the molecule is COc1ccc(C(=O)c2cc3cc(C(N)CCO)ccc3o2)cc1. The highest BCUT2D eigenvalue weighted by Crippen LogP contribution is 2.26. The number of nitrogens with two attached hydrogens (primary N) is 1. The van der Waals surface area contributed by atoms with Gasteiger partial charge in [-0.3, -0.25) is 4.79 Å². The van der Waals surface area contributed by atoms with Gasteiger partial charge in [0, 0.05) is 23.6 Å². The predicted octanol–water partition coefficient (Wildman–Crippen LogP) is 3.05. The Labute approximate surface area is 139 Å². The van der Waals surface area contributed by atoms with E-state index < -0.39 is 0 Å². The molecular weight excluding hydrogens is 306 g/mol. The fraction of sp³-hybridized carbons (Fsp3) is 0.211. The molecule has 24 heavy (non-hydrogen) atoms. The molecule has 0 spiro atoms. The van der Waals surface area contributed by atoms with E-state index in [0.29, 0.717) is 23.3 Å². The number of aliphatic hydroxyl groups is 1. The smallest absolute Gasteiger partial charge is 0.228 e. The largest absolute Gasteiger partial charge is 0.497 e. The Kier molecular flexibility index (Phi) is 4.64. The summed E-state index contributed by atoms with van der Waals surface area (Å²) in [5.41, 5.74) is 8.08. The Hall–Kier alpha value is -2.63. The monoisotopic (exact) mass is 325 g/mol. The highest BCUT2D eigenvalue weighted by molar-refractivity contribution is 6.09. The molecule has 124 valence electrons. The third kappa shape index (κ3) is 3.18. The van der Waals surface area contributed by atoms with Crippen LogP contribution < -0.4 is 10.5 Å². The van der Waals surface area contributed by atoms with E-state index in [1.54, 1.807) is 43.5 Å². The number of methoxy groups -OCH3 is 1. The van der Waals surface area contributed by atoms with E-state index in [-0.39, 0.29) is 24.2 Å². The van der Waals surface area contributed by atoms with E-state index in [1.165, 1.54) is 0 Å². The first-order chi connectivity index (χ1) is 11.6. The highest BCUT2D eigenvalue weighted by atomic mass is 16.5. The molecule has 5 heteroatoms. The Morgan fingerprint density at radius 1 is 1.21 bits per heavy atom. The van der Waals surface area contributed by atoms with Gasteiger partial charge in [-0.2, -0.15) is 0 Å². The number of aliphatic hydroxyl groups excluding tert-OH is 1. The Bertz CT molecular complexity index is 851. The second-order valence-electron chi connectivity index (χ2n) is 5.58. The first-order valence-corrected chi connectivity index (χ1v) is 7.71. The second-order valence-corrected chi connectivity index (χ2v) is 5.58. The minimum Gasteiger partial charge on any atom is -0.497 e. The van der Waals surface area contributed by atoms with Crippen LogP contribution in [0.1, 0.15) is 34.1 Å². The van der Waals surface area contributed by atoms with Crippen molar-refractivity contribution in [1.82, 2.24) is 0 Å². The summed E-state index contributed by atoms with van der Waals surface area (Å²) >= 11 is 0. The molecule has 0 aliphatic rings. The number of ketones is 1. The van der Waals surface area contributed by atoms with Crippen LogP contribution in [0.4, 0.5) is 0 Å². The van der Waals surface area contributed by atoms with Gasteiger partial charge in [-0.25, -0.2) is 0 Å². The zero-order valence-electron chi connectivity index (χ0n) is 13.4. The molecule has 0 amide bonds. The van der Waals surface area contributed by atoms with Crippen molar-refractivity contribution in [2.75, 3.05) is 13.7 Å². The first kappa shape index (κ1) is 16.2. The van der Waals surface area contributed by atoms with Gasteiger partial charge in [-0.05, 0) is 54.4 Å². The number of fused-ring (bicyclic) bond motifs is 1. The molecule has 2 aromatic carbocycles. The highest BCUT2D eigenvalue weighted by Gasteiger charge is 2.16. The predicted molar refractivity (Wildman–Crippen MR) is 91.3 cm³/mol. The summed E-state index contributed by atoms with van der Waals surface area (Å²) < 4.78 is 10.8. The van der Waals surface area contributed by atoms with E-state index >= 15 is 0 Å². The van der Waals surface area contributed by atoms with Crippen LogP contribution in [0.2, 0.25) is 0 Å². The minimum atomic E-state index is -0.241. The third-order valence-corrected chi connectivity index (χ3v) is 3.98. The molecule has 5 nitrogen and oxygen atoms in total. The van der Waals surface area contributed by atoms with E-state index in [2.05, 4.69) is 0 Å². The molecule has 0 saturated heterocycles. The van der Waals surface area contributed by atoms with Crippen molar-refractivity contribution in [3.8, 4) is 5.75 Å². The molecular formula is C19H19NO4. The van der Waals surface area contributed by atoms with Crippen molar-refractivity contribution in [3.05, 3.63) is 65.4 Å². The Morgan fingerprint density at radius 2 is 1.96 bits per heavy atom. The van der Waals surface area contributed by atoms with Gasteiger partial charge >= 0.3 is 0 Å². The Morgan fingerprint density at radius 3 is 2.62 bits per heavy atom. The summed E-state index contributed by atoms with van der Waals surface area (Å²) in [6.45, 7) is 0.0335. The zero-order chi connectivity index (χ0) is 17.1. The molecule has 1 unspecified atom stereocenters. The standard InChI is InChI=1S/C19H19NO4/c1-23-15-5-2-12(3-6-15)19(22)18-11-14-10-13(16(20)8-9-21)4-7-17(14)24-18/h2-7,10-11,16,21H,8-9,20H2,1H3. The Balaban J connectivity index is 1.90. The zero-order valence-corrected chi connectivity index (χ0v) is 13.4.